The van der Waals surface area contributed by atoms with Crippen molar-refractivity contribution in [2.24, 2.45) is 5.92 Å². The highest BCUT2D eigenvalue weighted by molar-refractivity contribution is 5.56. The number of nitrogens with zero attached hydrogens (tertiary/aromatic N) is 1. The summed E-state index contributed by atoms with van der Waals surface area (Å²) in [6.45, 7) is 7.87. The van der Waals surface area contributed by atoms with Gasteiger partial charge in [0.2, 0.25) is 0 Å². The molecule has 0 spiro atoms. The zero-order valence-electron chi connectivity index (χ0n) is 12.4. The predicted octanol–water partition coefficient (Wildman–Crippen LogP) is 4.04. The maximum Gasteiger partial charge on any atom is 0.142 e. The summed E-state index contributed by atoms with van der Waals surface area (Å²) in [4.78, 5) is 4.17. The third-order valence-corrected chi connectivity index (χ3v) is 3.08. The Bertz CT molecular complexity index is 552. The van der Waals surface area contributed by atoms with Gasteiger partial charge in [0.25, 0.3) is 0 Å². The fraction of sp³-hybridized carbons (Fsp3) is 0.353. The maximum absolute atomic E-state index is 5.84. The molecule has 3 heteroatoms. The van der Waals surface area contributed by atoms with Gasteiger partial charge in [0.05, 0.1) is 12.3 Å². The minimum atomic E-state index is 0.517. The Kier molecular flexibility index (Phi) is 4.99. The Hall–Kier alpha value is -2.03. The van der Waals surface area contributed by atoms with Crippen LogP contribution in [0.4, 0.5) is 5.69 Å². The van der Waals surface area contributed by atoms with E-state index in [0.29, 0.717) is 5.92 Å². The third kappa shape index (κ3) is 3.98. The second-order valence-corrected chi connectivity index (χ2v) is 5.36. The number of ether oxygens (including phenoxy) is 1. The highest BCUT2D eigenvalue weighted by atomic mass is 16.5. The lowest BCUT2D eigenvalue weighted by molar-refractivity contribution is 0.272. The number of pyridine rings is 1. The van der Waals surface area contributed by atoms with E-state index in [0.717, 1.165) is 24.6 Å². The topological polar surface area (TPSA) is 34.2 Å². The van der Waals surface area contributed by atoms with E-state index in [1.54, 1.807) is 0 Å². The molecule has 0 unspecified atom stereocenters. The van der Waals surface area contributed by atoms with E-state index in [9.17, 15) is 0 Å². The Labute approximate surface area is 121 Å². The quantitative estimate of drug-likeness (QED) is 0.860. The number of aryl methyl sites for hydroxylation is 1. The molecule has 0 atom stereocenters. The summed E-state index contributed by atoms with van der Waals surface area (Å²) in [5, 5.41) is 3.43. The molecule has 0 radical (unpaired) electrons. The van der Waals surface area contributed by atoms with Gasteiger partial charge in [0.1, 0.15) is 5.75 Å². The molecule has 0 saturated heterocycles. The predicted molar refractivity (Wildman–Crippen MR) is 83.1 cm³/mol. The minimum absolute atomic E-state index is 0.517. The highest BCUT2D eigenvalue weighted by Gasteiger charge is 2.05. The Balaban J connectivity index is 2.04. The van der Waals surface area contributed by atoms with Crippen LogP contribution in [0.2, 0.25) is 0 Å². The second-order valence-electron chi connectivity index (χ2n) is 5.36. The summed E-state index contributed by atoms with van der Waals surface area (Å²) in [7, 11) is 0. The van der Waals surface area contributed by atoms with Crippen molar-refractivity contribution in [2.45, 2.75) is 27.3 Å². The van der Waals surface area contributed by atoms with E-state index < -0.39 is 0 Å². The molecular weight excluding hydrogens is 248 g/mol. The maximum atomic E-state index is 5.84. The van der Waals surface area contributed by atoms with Crippen molar-refractivity contribution in [3.63, 3.8) is 0 Å². The number of nitrogens with one attached hydrogen (secondary N) is 1. The van der Waals surface area contributed by atoms with Crippen molar-refractivity contribution in [3.05, 3.63) is 53.9 Å². The zero-order chi connectivity index (χ0) is 14.4. The zero-order valence-corrected chi connectivity index (χ0v) is 12.4. The van der Waals surface area contributed by atoms with Crippen molar-refractivity contribution < 1.29 is 4.74 Å². The fourth-order valence-corrected chi connectivity index (χ4v) is 1.87. The lowest BCUT2D eigenvalue weighted by Gasteiger charge is -2.15. The molecule has 106 valence electrons. The SMILES string of the molecule is Cc1ccncc1CNc1ccccc1OCC(C)C. The largest absolute Gasteiger partial charge is 0.491 e. The summed E-state index contributed by atoms with van der Waals surface area (Å²) in [5.41, 5.74) is 3.47. The van der Waals surface area contributed by atoms with Gasteiger partial charge in [-0.15, -0.1) is 0 Å². The van der Waals surface area contributed by atoms with Gasteiger partial charge in [-0.05, 0) is 42.2 Å². The van der Waals surface area contributed by atoms with Crippen molar-refractivity contribution >= 4 is 5.69 Å². The van der Waals surface area contributed by atoms with Gasteiger partial charge < -0.3 is 10.1 Å². The molecule has 1 heterocycles. The van der Waals surface area contributed by atoms with Crippen molar-refractivity contribution in [2.75, 3.05) is 11.9 Å². The average Bonchev–Trinajstić information content (AvgIpc) is 2.45. The molecule has 0 aliphatic carbocycles. The number of hydrogen-bond donors (Lipinski definition) is 1. The molecule has 0 aliphatic heterocycles. The summed E-state index contributed by atoms with van der Waals surface area (Å²) in [6.07, 6.45) is 3.72. The molecule has 3 nitrogen and oxygen atoms in total. The van der Waals surface area contributed by atoms with Gasteiger partial charge in [0.15, 0.2) is 0 Å². The Morgan fingerprint density at radius 1 is 1.20 bits per heavy atom. The van der Waals surface area contributed by atoms with Crippen molar-refractivity contribution in [1.29, 1.82) is 0 Å². The molecule has 1 aromatic carbocycles. The van der Waals surface area contributed by atoms with E-state index in [1.807, 2.05) is 42.7 Å². The van der Waals surface area contributed by atoms with Crippen molar-refractivity contribution in [3.8, 4) is 5.75 Å². The molecule has 1 N–H and O–H groups in total. The van der Waals surface area contributed by atoms with Gasteiger partial charge >= 0.3 is 0 Å². The summed E-state index contributed by atoms with van der Waals surface area (Å²) in [5.74, 6) is 1.42. The van der Waals surface area contributed by atoms with E-state index in [2.05, 4.69) is 31.1 Å². The molecule has 0 amide bonds. The second kappa shape index (κ2) is 6.94. The first kappa shape index (κ1) is 14.4. The van der Waals surface area contributed by atoms with Gasteiger partial charge in [-0.3, -0.25) is 4.98 Å². The van der Waals surface area contributed by atoms with Crippen LogP contribution in [0.3, 0.4) is 0 Å². The van der Waals surface area contributed by atoms with E-state index in [-0.39, 0.29) is 0 Å². The average molecular weight is 270 g/mol. The van der Waals surface area contributed by atoms with Crippen LogP contribution in [-0.2, 0) is 6.54 Å². The molecule has 2 aromatic rings. The number of aromatic nitrogens is 1. The van der Waals surface area contributed by atoms with Crippen LogP contribution in [-0.4, -0.2) is 11.6 Å². The van der Waals surface area contributed by atoms with Crippen LogP contribution in [0.15, 0.2) is 42.7 Å². The van der Waals surface area contributed by atoms with Gasteiger partial charge in [-0.2, -0.15) is 0 Å². The van der Waals surface area contributed by atoms with Crippen molar-refractivity contribution in [1.82, 2.24) is 4.98 Å². The van der Waals surface area contributed by atoms with Crippen LogP contribution >= 0.6 is 0 Å². The summed E-state index contributed by atoms with van der Waals surface area (Å²) >= 11 is 0. The van der Waals surface area contributed by atoms with Crippen LogP contribution in [0.25, 0.3) is 0 Å². The van der Waals surface area contributed by atoms with E-state index >= 15 is 0 Å². The first-order valence-electron chi connectivity index (χ1n) is 7.02. The van der Waals surface area contributed by atoms with Gasteiger partial charge in [-0.25, -0.2) is 0 Å². The molecule has 1 aromatic heterocycles. The molecule has 20 heavy (non-hydrogen) atoms. The lowest BCUT2D eigenvalue weighted by Crippen LogP contribution is -2.08. The number of anilines is 1. The molecule has 0 aliphatic rings. The van der Waals surface area contributed by atoms with Crippen LogP contribution in [0, 0.1) is 12.8 Å². The fourth-order valence-electron chi connectivity index (χ4n) is 1.87. The van der Waals surface area contributed by atoms with Crippen LogP contribution in [0.1, 0.15) is 25.0 Å². The Morgan fingerprint density at radius 3 is 2.75 bits per heavy atom. The Morgan fingerprint density at radius 2 is 2.00 bits per heavy atom. The van der Waals surface area contributed by atoms with Gasteiger partial charge in [0, 0.05) is 18.9 Å². The summed E-state index contributed by atoms with van der Waals surface area (Å²) < 4.78 is 5.84. The smallest absolute Gasteiger partial charge is 0.142 e. The van der Waals surface area contributed by atoms with Gasteiger partial charge in [-0.1, -0.05) is 26.0 Å². The van der Waals surface area contributed by atoms with E-state index in [1.165, 1.54) is 11.1 Å². The minimum Gasteiger partial charge on any atom is -0.491 e. The van der Waals surface area contributed by atoms with Crippen LogP contribution < -0.4 is 10.1 Å². The highest BCUT2D eigenvalue weighted by Crippen LogP contribution is 2.25. The molecule has 2 rings (SSSR count). The standard InChI is InChI=1S/C17H22N2O/c1-13(2)12-20-17-7-5-4-6-16(17)19-11-15-10-18-9-8-14(15)3/h4-10,13,19H,11-12H2,1-3H3. The van der Waals surface area contributed by atoms with E-state index in [4.69, 9.17) is 4.74 Å². The molecule has 0 bridgehead atoms. The molecule has 0 fully saturated rings. The lowest BCUT2D eigenvalue weighted by atomic mass is 10.1. The normalized spacial score (nSPS) is 10.6. The first-order valence-corrected chi connectivity index (χ1v) is 7.02. The number of hydrogen-bond acceptors (Lipinski definition) is 3. The van der Waals surface area contributed by atoms with Crippen LogP contribution in [0.5, 0.6) is 5.75 Å². The summed E-state index contributed by atoms with van der Waals surface area (Å²) in [6, 6.07) is 10.1. The molecular formula is C17H22N2O. The number of para-hydroxylation sites is 2. The monoisotopic (exact) mass is 270 g/mol. The molecule has 0 saturated carbocycles. The first-order chi connectivity index (χ1) is 9.66. The number of benzene rings is 1. The third-order valence-electron chi connectivity index (χ3n) is 3.08. The number of rotatable bonds is 6.